The van der Waals surface area contributed by atoms with Crippen molar-refractivity contribution in [2.75, 3.05) is 0 Å². The van der Waals surface area contributed by atoms with Crippen LogP contribution in [0.25, 0.3) is 22.4 Å². The summed E-state index contributed by atoms with van der Waals surface area (Å²) in [6.45, 7) is 2.56. The molecule has 0 aliphatic carbocycles. The number of halogens is 1. The van der Waals surface area contributed by atoms with Crippen LogP contribution in [-0.4, -0.2) is 10.5 Å². The van der Waals surface area contributed by atoms with E-state index in [0.29, 0.717) is 17.1 Å². The number of amides is 1. The van der Waals surface area contributed by atoms with E-state index in [1.165, 1.54) is 0 Å². The number of primary amides is 1. The Morgan fingerprint density at radius 3 is 1.97 bits per heavy atom. The summed E-state index contributed by atoms with van der Waals surface area (Å²) in [4.78, 5) is 12.5. The number of nitrogens with two attached hydrogens (primary N) is 1. The summed E-state index contributed by atoms with van der Waals surface area (Å²) in [6.07, 6.45) is 0. The van der Waals surface area contributed by atoms with Crippen molar-refractivity contribution in [2.24, 2.45) is 5.73 Å². The van der Waals surface area contributed by atoms with E-state index in [-0.39, 0.29) is 0 Å². The third kappa shape index (κ3) is 3.69. The van der Waals surface area contributed by atoms with Crippen LogP contribution < -0.4 is 5.73 Å². The first kappa shape index (κ1) is 19.0. The number of carbonyl (C=O) groups excluding carboxylic acids is 1. The first-order chi connectivity index (χ1) is 14.1. The van der Waals surface area contributed by atoms with E-state index in [9.17, 15) is 4.79 Å². The van der Waals surface area contributed by atoms with Gasteiger partial charge in [0.2, 0.25) is 0 Å². The van der Waals surface area contributed by atoms with Gasteiger partial charge in [0, 0.05) is 22.8 Å². The molecular weight excluding hydrogens is 380 g/mol. The zero-order valence-electron chi connectivity index (χ0n) is 16.1. The predicted octanol–water partition coefficient (Wildman–Crippen LogP) is 5.93. The molecule has 4 aromatic rings. The zero-order chi connectivity index (χ0) is 20.4. The molecule has 0 fully saturated rings. The van der Waals surface area contributed by atoms with Gasteiger partial charge in [-0.25, -0.2) is 0 Å². The van der Waals surface area contributed by atoms with E-state index in [1.54, 1.807) is 0 Å². The third-order valence-electron chi connectivity index (χ3n) is 5.13. The molecule has 3 aromatic carbocycles. The van der Waals surface area contributed by atoms with Crippen LogP contribution in [0.2, 0.25) is 5.02 Å². The normalized spacial score (nSPS) is 10.8. The van der Waals surface area contributed by atoms with Crippen molar-refractivity contribution in [2.45, 2.75) is 13.5 Å². The Balaban J connectivity index is 2.01. The lowest BCUT2D eigenvalue weighted by atomic mass is 9.96. The second-order valence-corrected chi connectivity index (χ2v) is 7.43. The SMILES string of the molecule is Cc1c(C(N)=O)c(-c2ccccc2)c(-c2ccccc2)n1Cc1ccc(Cl)cc1. The van der Waals surface area contributed by atoms with Gasteiger partial charge in [-0.1, -0.05) is 84.4 Å². The average molecular weight is 401 g/mol. The lowest BCUT2D eigenvalue weighted by molar-refractivity contribution is 0.1000. The highest BCUT2D eigenvalue weighted by molar-refractivity contribution is 6.30. The number of rotatable bonds is 5. The summed E-state index contributed by atoms with van der Waals surface area (Å²) in [5.41, 5.74) is 12.2. The van der Waals surface area contributed by atoms with E-state index < -0.39 is 5.91 Å². The fourth-order valence-corrected chi connectivity index (χ4v) is 3.92. The monoisotopic (exact) mass is 400 g/mol. The van der Waals surface area contributed by atoms with Crippen molar-refractivity contribution in [1.82, 2.24) is 4.57 Å². The van der Waals surface area contributed by atoms with Gasteiger partial charge >= 0.3 is 0 Å². The first-order valence-corrected chi connectivity index (χ1v) is 9.82. The maximum atomic E-state index is 12.5. The summed E-state index contributed by atoms with van der Waals surface area (Å²) in [7, 11) is 0. The second-order valence-electron chi connectivity index (χ2n) is 6.99. The number of hydrogen-bond acceptors (Lipinski definition) is 1. The summed E-state index contributed by atoms with van der Waals surface area (Å²) in [6, 6.07) is 27.8. The third-order valence-corrected chi connectivity index (χ3v) is 5.39. The zero-order valence-corrected chi connectivity index (χ0v) is 16.9. The van der Waals surface area contributed by atoms with E-state index in [1.807, 2.05) is 79.7 Å². The molecule has 4 heteroatoms. The van der Waals surface area contributed by atoms with Crippen molar-refractivity contribution in [3.8, 4) is 22.4 Å². The molecule has 0 radical (unpaired) electrons. The second kappa shape index (κ2) is 7.98. The molecule has 3 nitrogen and oxygen atoms in total. The van der Waals surface area contributed by atoms with Gasteiger partial charge < -0.3 is 10.3 Å². The summed E-state index contributed by atoms with van der Waals surface area (Å²) >= 11 is 6.06. The van der Waals surface area contributed by atoms with Gasteiger partial charge in [-0.15, -0.1) is 0 Å². The smallest absolute Gasteiger partial charge is 0.251 e. The molecule has 144 valence electrons. The van der Waals surface area contributed by atoms with E-state index >= 15 is 0 Å². The first-order valence-electron chi connectivity index (χ1n) is 9.44. The standard InChI is InChI=1S/C25H21ClN2O/c1-17-22(25(27)29)23(19-8-4-2-5-9-19)24(20-10-6-3-7-11-20)28(17)16-18-12-14-21(26)15-13-18/h2-15H,16H2,1H3,(H2,27,29). The maximum absolute atomic E-state index is 12.5. The molecule has 0 aliphatic rings. The number of benzene rings is 3. The van der Waals surface area contributed by atoms with Crippen molar-refractivity contribution < 1.29 is 4.79 Å². The summed E-state index contributed by atoms with van der Waals surface area (Å²) < 4.78 is 2.17. The van der Waals surface area contributed by atoms with Gasteiger partial charge in [0.05, 0.1) is 11.3 Å². The Kier molecular flexibility index (Phi) is 5.24. The largest absolute Gasteiger partial charge is 0.366 e. The Morgan fingerprint density at radius 1 is 0.862 bits per heavy atom. The Bertz CT molecular complexity index is 1150. The van der Waals surface area contributed by atoms with Crippen LogP contribution in [0.5, 0.6) is 0 Å². The molecule has 4 rings (SSSR count). The number of hydrogen-bond donors (Lipinski definition) is 1. The Hall–Kier alpha value is -3.30. The van der Waals surface area contributed by atoms with E-state index in [4.69, 9.17) is 17.3 Å². The van der Waals surface area contributed by atoms with Crippen LogP contribution in [0.3, 0.4) is 0 Å². The van der Waals surface area contributed by atoms with Crippen LogP contribution in [0.4, 0.5) is 0 Å². The highest BCUT2D eigenvalue weighted by atomic mass is 35.5. The van der Waals surface area contributed by atoms with Crippen LogP contribution in [0, 0.1) is 6.92 Å². The lowest BCUT2D eigenvalue weighted by Crippen LogP contribution is -2.13. The fraction of sp³-hybridized carbons (Fsp3) is 0.0800. The van der Waals surface area contributed by atoms with Gasteiger partial charge in [-0.2, -0.15) is 0 Å². The highest BCUT2D eigenvalue weighted by Crippen LogP contribution is 2.39. The van der Waals surface area contributed by atoms with Crippen molar-refractivity contribution in [3.05, 3.63) is 107 Å². The molecule has 0 spiro atoms. The van der Waals surface area contributed by atoms with Crippen LogP contribution in [-0.2, 0) is 6.54 Å². The Labute approximate surface area is 175 Å². The van der Waals surface area contributed by atoms with Gasteiger partial charge in [0.1, 0.15) is 0 Å². The minimum Gasteiger partial charge on any atom is -0.366 e. The van der Waals surface area contributed by atoms with Gasteiger partial charge in [0.25, 0.3) is 5.91 Å². The highest BCUT2D eigenvalue weighted by Gasteiger charge is 2.25. The molecular formula is C25H21ClN2O. The molecule has 0 aliphatic heterocycles. The van der Waals surface area contributed by atoms with Gasteiger partial charge in [-0.05, 0) is 35.7 Å². The molecule has 0 atom stereocenters. The molecule has 29 heavy (non-hydrogen) atoms. The molecule has 2 N–H and O–H groups in total. The van der Waals surface area contributed by atoms with E-state index in [2.05, 4.69) is 16.7 Å². The van der Waals surface area contributed by atoms with Crippen LogP contribution >= 0.6 is 11.6 Å². The maximum Gasteiger partial charge on any atom is 0.251 e. The Morgan fingerprint density at radius 2 is 1.41 bits per heavy atom. The summed E-state index contributed by atoms with van der Waals surface area (Å²) in [5.74, 6) is -0.423. The van der Waals surface area contributed by atoms with Crippen molar-refractivity contribution >= 4 is 17.5 Å². The molecule has 1 heterocycles. The molecule has 0 saturated carbocycles. The van der Waals surface area contributed by atoms with Crippen LogP contribution in [0.15, 0.2) is 84.9 Å². The number of nitrogens with zero attached hydrogens (tertiary/aromatic N) is 1. The van der Waals surface area contributed by atoms with Gasteiger partial charge in [-0.3, -0.25) is 4.79 Å². The quantitative estimate of drug-likeness (QED) is 0.443. The molecule has 0 bridgehead atoms. The molecule has 1 aromatic heterocycles. The van der Waals surface area contributed by atoms with Crippen molar-refractivity contribution in [3.63, 3.8) is 0 Å². The molecule has 1 amide bonds. The summed E-state index contributed by atoms with van der Waals surface area (Å²) in [5, 5.41) is 0.698. The van der Waals surface area contributed by atoms with E-state index in [0.717, 1.165) is 33.6 Å². The minimum absolute atomic E-state index is 0.423. The minimum atomic E-state index is -0.423. The molecule has 0 saturated heterocycles. The number of aromatic nitrogens is 1. The number of carbonyl (C=O) groups is 1. The topological polar surface area (TPSA) is 48.0 Å². The average Bonchev–Trinajstić information content (AvgIpc) is 3.03. The van der Waals surface area contributed by atoms with Gasteiger partial charge in [0.15, 0.2) is 0 Å². The van der Waals surface area contributed by atoms with Crippen LogP contribution in [0.1, 0.15) is 21.6 Å². The predicted molar refractivity (Wildman–Crippen MR) is 119 cm³/mol. The van der Waals surface area contributed by atoms with Crippen molar-refractivity contribution in [1.29, 1.82) is 0 Å². The molecule has 0 unspecified atom stereocenters. The lowest BCUT2D eigenvalue weighted by Gasteiger charge is -2.14. The fourth-order valence-electron chi connectivity index (χ4n) is 3.79.